The normalized spacial score (nSPS) is 10.3. The zero-order chi connectivity index (χ0) is 18.1. The molecule has 0 fully saturated rings. The van der Waals surface area contributed by atoms with Crippen molar-refractivity contribution in [1.82, 2.24) is 15.6 Å². The molecule has 0 spiro atoms. The van der Waals surface area contributed by atoms with Crippen LogP contribution < -0.4 is 10.6 Å². The molecule has 2 N–H and O–H groups in total. The fourth-order valence-corrected chi connectivity index (χ4v) is 2.29. The Hall–Kier alpha value is -2.73. The van der Waals surface area contributed by atoms with Gasteiger partial charge in [0.25, 0.3) is 11.8 Å². The maximum atomic E-state index is 12.3. The van der Waals surface area contributed by atoms with E-state index in [-0.39, 0.29) is 11.8 Å². The summed E-state index contributed by atoms with van der Waals surface area (Å²) in [6.45, 7) is 3.52. The fourth-order valence-electron chi connectivity index (χ4n) is 2.29. The summed E-state index contributed by atoms with van der Waals surface area (Å²) >= 11 is 0. The van der Waals surface area contributed by atoms with E-state index < -0.39 is 0 Å². The van der Waals surface area contributed by atoms with Gasteiger partial charge in [0, 0.05) is 39.2 Å². The van der Waals surface area contributed by atoms with Gasteiger partial charge in [0.05, 0.1) is 11.1 Å². The topological polar surface area (TPSA) is 80.3 Å². The molecule has 0 saturated carbocycles. The first-order chi connectivity index (χ1) is 12.1. The first-order valence-electron chi connectivity index (χ1n) is 8.16. The molecule has 2 rings (SSSR count). The van der Waals surface area contributed by atoms with Crippen molar-refractivity contribution in [2.24, 2.45) is 0 Å². The van der Waals surface area contributed by atoms with Crippen molar-refractivity contribution in [3.63, 3.8) is 0 Å². The molecule has 1 aromatic heterocycles. The maximum Gasteiger partial charge on any atom is 0.253 e. The lowest BCUT2D eigenvalue weighted by Crippen LogP contribution is -2.27. The van der Waals surface area contributed by atoms with Crippen molar-refractivity contribution in [3.05, 3.63) is 65.0 Å². The Bertz CT molecular complexity index is 731. The highest BCUT2D eigenvalue weighted by Gasteiger charge is 2.11. The molecule has 2 aromatic rings. The van der Waals surface area contributed by atoms with E-state index in [0.717, 1.165) is 17.5 Å². The summed E-state index contributed by atoms with van der Waals surface area (Å²) < 4.78 is 4.94. The van der Waals surface area contributed by atoms with Crippen LogP contribution in [0, 0.1) is 6.92 Å². The van der Waals surface area contributed by atoms with Crippen LogP contribution in [0.2, 0.25) is 0 Å². The number of amides is 2. The van der Waals surface area contributed by atoms with E-state index in [1.807, 2.05) is 31.2 Å². The number of nitrogens with one attached hydrogen (secondary N) is 2. The van der Waals surface area contributed by atoms with E-state index in [0.29, 0.717) is 30.8 Å². The van der Waals surface area contributed by atoms with Gasteiger partial charge in [-0.15, -0.1) is 0 Å². The van der Waals surface area contributed by atoms with Gasteiger partial charge in [0.2, 0.25) is 0 Å². The summed E-state index contributed by atoms with van der Waals surface area (Å²) in [6.07, 6.45) is 3.63. The lowest BCUT2D eigenvalue weighted by Gasteiger charge is -2.09. The minimum atomic E-state index is -0.259. The molecule has 0 radical (unpaired) electrons. The third-order valence-corrected chi connectivity index (χ3v) is 3.77. The number of pyridine rings is 1. The van der Waals surface area contributed by atoms with Gasteiger partial charge in [-0.25, -0.2) is 0 Å². The van der Waals surface area contributed by atoms with Gasteiger partial charge < -0.3 is 15.4 Å². The van der Waals surface area contributed by atoms with Crippen LogP contribution in [0.25, 0.3) is 0 Å². The predicted molar refractivity (Wildman–Crippen MR) is 95.4 cm³/mol. The van der Waals surface area contributed by atoms with Crippen LogP contribution in [0.15, 0.2) is 42.7 Å². The Labute approximate surface area is 147 Å². The standard InChI is InChI=1S/C19H23N3O3/c1-14-6-3-4-7-15(14)13-22-19(24)17-10-16(11-20-12-17)18(23)21-8-5-9-25-2/h3-4,6-7,10-12H,5,8-9,13H2,1-2H3,(H,21,23)(H,22,24). The number of carbonyl (C=O) groups is 2. The van der Waals surface area contributed by atoms with Crippen LogP contribution in [-0.2, 0) is 11.3 Å². The zero-order valence-corrected chi connectivity index (χ0v) is 14.5. The third kappa shape index (κ3) is 5.69. The highest BCUT2D eigenvalue weighted by atomic mass is 16.5. The molecule has 0 aliphatic rings. The number of nitrogens with zero attached hydrogens (tertiary/aromatic N) is 1. The number of aromatic nitrogens is 1. The average molecular weight is 341 g/mol. The number of carbonyl (C=O) groups excluding carboxylic acids is 2. The van der Waals surface area contributed by atoms with Crippen LogP contribution in [0.5, 0.6) is 0 Å². The lowest BCUT2D eigenvalue weighted by molar-refractivity contribution is 0.0948. The molecule has 25 heavy (non-hydrogen) atoms. The van der Waals surface area contributed by atoms with E-state index in [2.05, 4.69) is 15.6 Å². The second-order valence-corrected chi connectivity index (χ2v) is 5.67. The van der Waals surface area contributed by atoms with Crippen molar-refractivity contribution < 1.29 is 14.3 Å². The molecular formula is C19H23N3O3. The van der Waals surface area contributed by atoms with Gasteiger partial charge in [-0.05, 0) is 30.5 Å². The van der Waals surface area contributed by atoms with Crippen molar-refractivity contribution >= 4 is 11.8 Å². The van der Waals surface area contributed by atoms with Crippen molar-refractivity contribution in [2.45, 2.75) is 19.9 Å². The minimum Gasteiger partial charge on any atom is -0.385 e. The molecule has 132 valence electrons. The van der Waals surface area contributed by atoms with E-state index in [1.165, 1.54) is 12.4 Å². The molecule has 6 nitrogen and oxygen atoms in total. The summed E-state index contributed by atoms with van der Waals surface area (Å²) in [7, 11) is 1.62. The Balaban J connectivity index is 1.94. The molecule has 0 unspecified atom stereocenters. The zero-order valence-electron chi connectivity index (χ0n) is 14.5. The molecule has 0 aliphatic carbocycles. The number of methoxy groups -OCH3 is 1. The van der Waals surface area contributed by atoms with Gasteiger partial charge >= 0.3 is 0 Å². The Morgan fingerprint density at radius 1 is 1.08 bits per heavy atom. The van der Waals surface area contributed by atoms with Crippen LogP contribution in [0.3, 0.4) is 0 Å². The van der Waals surface area contributed by atoms with Crippen LogP contribution >= 0.6 is 0 Å². The van der Waals surface area contributed by atoms with E-state index in [9.17, 15) is 9.59 Å². The Morgan fingerprint density at radius 3 is 2.44 bits per heavy atom. The quantitative estimate of drug-likeness (QED) is 0.721. The molecule has 0 atom stereocenters. The average Bonchev–Trinajstić information content (AvgIpc) is 2.64. The first-order valence-corrected chi connectivity index (χ1v) is 8.16. The predicted octanol–water partition coefficient (Wildman–Crippen LogP) is 2.09. The van der Waals surface area contributed by atoms with Crippen molar-refractivity contribution in [1.29, 1.82) is 0 Å². The number of rotatable bonds is 8. The van der Waals surface area contributed by atoms with Crippen molar-refractivity contribution in [3.8, 4) is 0 Å². The largest absolute Gasteiger partial charge is 0.385 e. The summed E-state index contributed by atoms with van der Waals surface area (Å²) in [4.78, 5) is 28.4. The molecule has 1 heterocycles. The van der Waals surface area contributed by atoms with Gasteiger partial charge in [-0.3, -0.25) is 14.6 Å². The molecule has 0 bridgehead atoms. The molecule has 0 saturated heterocycles. The lowest BCUT2D eigenvalue weighted by atomic mass is 10.1. The smallest absolute Gasteiger partial charge is 0.253 e. The second kappa shape index (κ2) is 9.54. The third-order valence-electron chi connectivity index (χ3n) is 3.77. The van der Waals surface area contributed by atoms with Crippen LogP contribution in [-0.4, -0.2) is 37.1 Å². The van der Waals surface area contributed by atoms with Gasteiger partial charge in [0.15, 0.2) is 0 Å². The van der Waals surface area contributed by atoms with E-state index in [4.69, 9.17) is 4.74 Å². The fraction of sp³-hybridized carbons (Fsp3) is 0.316. The van der Waals surface area contributed by atoms with Gasteiger partial charge in [-0.1, -0.05) is 24.3 Å². The Morgan fingerprint density at radius 2 is 1.76 bits per heavy atom. The molecule has 2 amide bonds. The van der Waals surface area contributed by atoms with E-state index >= 15 is 0 Å². The molecule has 0 aliphatic heterocycles. The summed E-state index contributed by atoms with van der Waals surface area (Å²) in [5.74, 6) is -0.512. The highest BCUT2D eigenvalue weighted by molar-refractivity contribution is 5.99. The summed E-state index contributed by atoms with van der Waals surface area (Å²) in [6, 6.07) is 9.41. The molecular weight excluding hydrogens is 318 g/mol. The van der Waals surface area contributed by atoms with Crippen LogP contribution in [0.4, 0.5) is 0 Å². The number of benzene rings is 1. The van der Waals surface area contributed by atoms with E-state index in [1.54, 1.807) is 13.2 Å². The second-order valence-electron chi connectivity index (χ2n) is 5.67. The number of aryl methyl sites for hydroxylation is 1. The summed E-state index contributed by atoms with van der Waals surface area (Å²) in [5.41, 5.74) is 2.89. The van der Waals surface area contributed by atoms with Gasteiger partial charge in [-0.2, -0.15) is 0 Å². The maximum absolute atomic E-state index is 12.3. The molecule has 6 heteroatoms. The monoisotopic (exact) mass is 341 g/mol. The van der Waals surface area contributed by atoms with Crippen molar-refractivity contribution in [2.75, 3.05) is 20.3 Å². The SMILES string of the molecule is COCCCNC(=O)c1cncc(C(=O)NCc2ccccc2C)c1. The van der Waals surface area contributed by atoms with Gasteiger partial charge in [0.1, 0.15) is 0 Å². The number of hydrogen-bond acceptors (Lipinski definition) is 4. The highest BCUT2D eigenvalue weighted by Crippen LogP contribution is 2.08. The number of hydrogen-bond donors (Lipinski definition) is 2. The minimum absolute atomic E-state index is 0.253. The first kappa shape index (κ1) is 18.6. The summed E-state index contributed by atoms with van der Waals surface area (Å²) in [5, 5.41) is 5.63. The number of ether oxygens (including phenoxy) is 1. The Kier molecular flexibility index (Phi) is 7.10. The van der Waals surface area contributed by atoms with Crippen LogP contribution in [0.1, 0.15) is 38.3 Å². The molecule has 1 aromatic carbocycles.